The van der Waals surface area contributed by atoms with E-state index in [9.17, 15) is 4.79 Å². The van der Waals surface area contributed by atoms with E-state index in [4.69, 9.17) is 0 Å². The summed E-state index contributed by atoms with van der Waals surface area (Å²) < 4.78 is 0. The Hall–Kier alpha value is -1.63. The standard InChI is InChI=1S/C32H49O/c1-19(2)25-14-28(22(7)8)30(29(15-25)23(9)10)16-31(33)32(24(11)12)17-26(20(3)4)13-27(18-32)21(5)6/h13-15,17-24H,16H2,1-12H3. The zero-order valence-electron chi connectivity index (χ0n) is 23.5. The van der Waals surface area contributed by atoms with Crippen LogP contribution in [0.2, 0.25) is 0 Å². The van der Waals surface area contributed by atoms with Gasteiger partial charge in [0.25, 0.3) is 0 Å². The summed E-state index contributed by atoms with van der Waals surface area (Å²) in [5, 5.41) is 0. The third-order valence-electron chi connectivity index (χ3n) is 7.51. The van der Waals surface area contributed by atoms with Crippen molar-refractivity contribution in [2.45, 2.75) is 107 Å². The molecule has 2 rings (SSSR count). The van der Waals surface area contributed by atoms with Crippen molar-refractivity contribution < 1.29 is 4.79 Å². The van der Waals surface area contributed by atoms with Crippen LogP contribution in [0.4, 0.5) is 0 Å². The third-order valence-corrected chi connectivity index (χ3v) is 7.51. The highest BCUT2D eigenvalue weighted by Crippen LogP contribution is 2.45. The van der Waals surface area contributed by atoms with E-state index in [1.165, 1.54) is 33.4 Å². The van der Waals surface area contributed by atoms with Crippen molar-refractivity contribution in [3.63, 3.8) is 0 Å². The molecule has 0 heterocycles. The summed E-state index contributed by atoms with van der Waals surface area (Å²) in [7, 11) is 0. The van der Waals surface area contributed by atoms with Gasteiger partial charge in [0.15, 0.2) is 0 Å². The van der Waals surface area contributed by atoms with Crippen LogP contribution in [0.25, 0.3) is 0 Å². The summed E-state index contributed by atoms with van der Waals surface area (Å²) in [6.07, 6.45) is 7.41. The van der Waals surface area contributed by atoms with Gasteiger partial charge >= 0.3 is 0 Å². The SMILES string of the molecule is CC(C)C1=CC(C(C)C)=CC(C(=O)Cc2c(C(C)C)cc(C(C)C)cc2C(C)C)(C(C)C)[CH]1. The highest BCUT2D eigenvalue weighted by Gasteiger charge is 2.43. The van der Waals surface area contributed by atoms with Crippen LogP contribution in [0.3, 0.4) is 0 Å². The van der Waals surface area contributed by atoms with Gasteiger partial charge in [-0.3, -0.25) is 4.79 Å². The number of carbonyl (C=O) groups excluding carboxylic acids is 1. The van der Waals surface area contributed by atoms with Crippen LogP contribution < -0.4 is 0 Å². The number of hydrogen-bond donors (Lipinski definition) is 0. The van der Waals surface area contributed by atoms with Crippen molar-refractivity contribution in [2.24, 2.45) is 23.2 Å². The second-order valence-corrected chi connectivity index (χ2v) is 12.1. The first-order chi connectivity index (χ1) is 15.2. The van der Waals surface area contributed by atoms with Crippen molar-refractivity contribution in [2.75, 3.05) is 0 Å². The van der Waals surface area contributed by atoms with E-state index >= 15 is 0 Å². The minimum Gasteiger partial charge on any atom is -0.298 e. The minimum atomic E-state index is -0.548. The van der Waals surface area contributed by atoms with Gasteiger partial charge in [-0.15, -0.1) is 0 Å². The quantitative estimate of drug-likeness (QED) is 0.367. The zero-order valence-corrected chi connectivity index (χ0v) is 23.5. The van der Waals surface area contributed by atoms with Crippen LogP contribution >= 0.6 is 0 Å². The average Bonchev–Trinajstić information content (AvgIpc) is 2.72. The van der Waals surface area contributed by atoms with Crippen molar-refractivity contribution >= 4 is 5.78 Å². The molecule has 0 N–H and O–H groups in total. The van der Waals surface area contributed by atoms with Gasteiger partial charge < -0.3 is 0 Å². The predicted molar refractivity (Wildman–Crippen MR) is 145 cm³/mol. The molecule has 0 amide bonds. The van der Waals surface area contributed by atoms with E-state index in [0.717, 1.165) is 0 Å². The second kappa shape index (κ2) is 10.7. The number of ketones is 1. The van der Waals surface area contributed by atoms with E-state index in [1.54, 1.807) is 0 Å². The van der Waals surface area contributed by atoms with Crippen molar-refractivity contribution in [1.82, 2.24) is 0 Å². The Morgan fingerprint density at radius 1 is 0.697 bits per heavy atom. The molecule has 33 heavy (non-hydrogen) atoms. The van der Waals surface area contributed by atoms with E-state index in [-0.39, 0.29) is 5.92 Å². The molecule has 0 aliphatic heterocycles. The van der Waals surface area contributed by atoms with Gasteiger partial charge in [0.2, 0.25) is 0 Å². The molecule has 0 spiro atoms. The van der Waals surface area contributed by atoms with Gasteiger partial charge in [-0.25, -0.2) is 0 Å². The van der Waals surface area contributed by atoms with Gasteiger partial charge in [0.05, 0.1) is 5.41 Å². The molecule has 1 atom stereocenters. The first-order valence-corrected chi connectivity index (χ1v) is 13.2. The van der Waals surface area contributed by atoms with Crippen LogP contribution in [0, 0.1) is 29.6 Å². The molecule has 1 aromatic carbocycles. The highest BCUT2D eigenvalue weighted by molar-refractivity contribution is 5.92. The number of carbonyl (C=O) groups is 1. The van der Waals surface area contributed by atoms with E-state index < -0.39 is 5.41 Å². The van der Waals surface area contributed by atoms with Crippen molar-refractivity contribution in [3.8, 4) is 0 Å². The van der Waals surface area contributed by atoms with E-state index in [2.05, 4.69) is 114 Å². The van der Waals surface area contributed by atoms with Gasteiger partial charge in [-0.05, 0) is 63.3 Å². The smallest absolute Gasteiger partial charge is 0.148 e. The van der Waals surface area contributed by atoms with E-state index in [1.807, 2.05) is 0 Å². The molecule has 1 aliphatic carbocycles. The molecule has 0 aromatic heterocycles. The number of hydrogen-bond acceptors (Lipinski definition) is 1. The first kappa shape index (κ1) is 27.6. The lowest BCUT2D eigenvalue weighted by Gasteiger charge is -2.39. The monoisotopic (exact) mass is 449 g/mol. The fourth-order valence-corrected chi connectivity index (χ4v) is 4.98. The molecular weight excluding hydrogens is 400 g/mol. The lowest BCUT2D eigenvalue weighted by atomic mass is 9.63. The van der Waals surface area contributed by atoms with Crippen LogP contribution in [-0.2, 0) is 11.2 Å². The Morgan fingerprint density at radius 2 is 1.18 bits per heavy atom. The summed E-state index contributed by atoms with van der Waals surface area (Å²) >= 11 is 0. The van der Waals surface area contributed by atoms with Gasteiger partial charge in [-0.2, -0.15) is 0 Å². The molecule has 0 bridgehead atoms. The molecule has 1 unspecified atom stereocenters. The van der Waals surface area contributed by atoms with Crippen molar-refractivity contribution in [3.05, 3.63) is 64.1 Å². The van der Waals surface area contributed by atoms with Gasteiger partial charge in [-0.1, -0.05) is 113 Å². The maximum atomic E-state index is 14.3. The summed E-state index contributed by atoms with van der Waals surface area (Å²) in [4.78, 5) is 14.3. The molecule has 0 saturated carbocycles. The Labute approximate surface area is 205 Å². The third kappa shape index (κ3) is 5.90. The number of allylic oxidation sites excluding steroid dienone is 4. The van der Waals surface area contributed by atoms with Crippen LogP contribution in [-0.4, -0.2) is 5.78 Å². The lowest BCUT2D eigenvalue weighted by molar-refractivity contribution is -0.126. The average molecular weight is 450 g/mol. The molecule has 0 saturated heterocycles. The summed E-state index contributed by atoms with van der Waals surface area (Å²) in [6, 6.07) is 4.73. The van der Waals surface area contributed by atoms with Crippen LogP contribution in [0.1, 0.15) is 123 Å². The fraction of sp³-hybridized carbons (Fsp3) is 0.625. The normalized spacial score (nSPS) is 19.3. The molecule has 0 fully saturated rings. The Balaban J connectivity index is 2.66. The molecule has 1 aromatic rings. The molecule has 1 radical (unpaired) electrons. The Kier molecular flexibility index (Phi) is 8.99. The second-order valence-electron chi connectivity index (χ2n) is 12.1. The maximum absolute atomic E-state index is 14.3. The van der Waals surface area contributed by atoms with Gasteiger partial charge in [0.1, 0.15) is 5.78 Å². The van der Waals surface area contributed by atoms with Crippen molar-refractivity contribution in [1.29, 1.82) is 0 Å². The molecular formula is C32H49O. The summed E-state index contributed by atoms with van der Waals surface area (Å²) in [5.41, 5.74) is 7.39. The number of benzene rings is 1. The number of Topliss-reactive ketones (excluding diaryl/α,β-unsaturated/α-hetero) is 1. The number of rotatable bonds is 9. The fourth-order valence-electron chi connectivity index (χ4n) is 4.98. The van der Waals surface area contributed by atoms with E-state index in [0.29, 0.717) is 41.8 Å². The molecule has 1 aliphatic rings. The topological polar surface area (TPSA) is 17.1 Å². The molecule has 1 heteroatoms. The predicted octanol–water partition coefficient (Wildman–Crippen LogP) is 9.19. The van der Waals surface area contributed by atoms with Crippen LogP contribution in [0.15, 0.2) is 35.4 Å². The lowest BCUT2D eigenvalue weighted by Crippen LogP contribution is -2.39. The van der Waals surface area contributed by atoms with Gasteiger partial charge in [0, 0.05) is 12.8 Å². The minimum absolute atomic E-state index is 0.209. The molecule has 183 valence electrons. The first-order valence-electron chi connectivity index (χ1n) is 13.2. The maximum Gasteiger partial charge on any atom is 0.148 e. The largest absolute Gasteiger partial charge is 0.298 e. The summed E-state index contributed by atoms with van der Waals surface area (Å²) in [5.74, 6) is 2.62. The summed E-state index contributed by atoms with van der Waals surface area (Å²) in [6.45, 7) is 26.9. The Bertz CT molecular complexity index is 875. The van der Waals surface area contributed by atoms with Crippen LogP contribution in [0.5, 0.6) is 0 Å². The molecule has 1 nitrogen and oxygen atoms in total. The zero-order chi connectivity index (χ0) is 25.2. The Morgan fingerprint density at radius 3 is 1.55 bits per heavy atom. The highest BCUT2D eigenvalue weighted by atomic mass is 16.1.